The Kier molecular flexibility index (Phi) is 3.05. The predicted octanol–water partition coefficient (Wildman–Crippen LogP) is -0.247. The van der Waals surface area contributed by atoms with Crippen molar-refractivity contribution >= 4 is 5.97 Å². The first-order valence-electron chi connectivity index (χ1n) is 4.27. The first-order valence-corrected chi connectivity index (χ1v) is 4.27. The minimum atomic E-state index is -0.774. The first kappa shape index (κ1) is 9.48. The number of hydrogen-bond donors (Lipinski definition) is 2. The quantitative estimate of drug-likeness (QED) is 0.616. The van der Waals surface area contributed by atoms with Gasteiger partial charge >= 0.3 is 5.97 Å². The van der Waals surface area contributed by atoms with Gasteiger partial charge in [-0.3, -0.25) is 4.79 Å². The van der Waals surface area contributed by atoms with Gasteiger partial charge in [-0.25, -0.2) is 0 Å². The molecule has 2 atom stereocenters. The maximum atomic E-state index is 10.5. The highest BCUT2D eigenvalue weighted by atomic mass is 16.4. The molecule has 0 bridgehead atoms. The lowest BCUT2D eigenvalue weighted by molar-refractivity contribution is -0.139. The molecule has 0 aromatic carbocycles. The number of aliphatic carboxylic acids is 1. The summed E-state index contributed by atoms with van der Waals surface area (Å²) in [7, 11) is 2.05. The lowest BCUT2D eigenvalue weighted by Gasteiger charge is -2.15. The molecule has 1 aliphatic rings. The summed E-state index contributed by atoms with van der Waals surface area (Å²) in [5.41, 5.74) is 0. The summed E-state index contributed by atoms with van der Waals surface area (Å²) in [6.07, 6.45) is 1.05. The van der Waals surface area contributed by atoms with Gasteiger partial charge in [0.25, 0.3) is 0 Å². The van der Waals surface area contributed by atoms with E-state index in [1.165, 1.54) is 0 Å². The van der Waals surface area contributed by atoms with Gasteiger partial charge in [-0.05, 0) is 26.9 Å². The van der Waals surface area contributed by atoms with E-state index in [1.54, 1.807) is 6.92 Å². The van der Waals surface area contributed by atoms with Gasteiger partial charge in [-0.1, -0.05) is 0 Å². The van der Waals surface area contributed by atoms with Crippen LogP contribution in [0.2, 0.25) is 0 Å². The van der Waals surface area contributed by atoms with E-state index in [2.05, 4.69) is 10.2 Å². The largest absolute Gasteiger partial charge is 0.480 e. The third-order valence-electron chi connectivity index (χ3n) is 2.25. The zero-order valence-corrected chi connectivity index (χ0v) is 7.58. The summed E-state index contributed by atoms with van der Waals surface area (Å²) in [5, 5.41) is 11.7. The second-order valence-electron chi connectivity index (χ2n) is 3.47. The number of rotatable bonds is 3. The average Bonchev–Trinajstić information content (AvgIpc) is 2.35. The van der Waals surface area contributed by atoms with E-state index in [1.807, 2.05) is 7.05 Å². The molecule has 0 spiro atoms. The van der Waals surface area contributed by atoms with Gasteiger partial charge in [0.05, 0.1) is 0 Å². The van der Waals surface area contributed by atoms with E-state index in [-0.39, 0.29) is 0 Å². The number of nitrogens with zero attached hydrogens (tertiary/aromatic N) is 1. The second-order valence-corrected chi connectivity index (χ2v) is 3.47. The highest BCUT2D eigenvalue weighted by Gasteiger charge is 2.22. The zero-order valence-electron chi connectivity index (χ0n) is 7.58. The van der Waals surface area contributed by atoms with Crippen LogP contribution in [-0.4, -0.2) is 48.2 Å². The highest BCUT2D eigenvalue weighted by Crippen LogP contribution is 2.06. The van der Waals surface area contributed by atoms with Crippen molar-refractivity contribution in [3.8, 4) is 0 Å². The molecule has 0 amide bonds. The number of nitrogens with one attached hydrogen (secondary N) is 1. The molecule has 1 heterocycles. The molecule has 2 N–H and O–H groups in total. The maximum Gasteiger partial charge on any atom is 0.320 e. The normalized spacial score (nSPS) is 27.3. The van der Waals surface area contributed by atoms with Gasteiger partial charge in [0.1, 0.15) is 6.04 Å². The van der Waals surface area contributed by atoms with Crippen LogP contribution in [0.25, 0.3) is 0 Å². The summed E-state index contributed by atoms with van der Waals surface area (Å²) in [6.45, 7) is 3.70. The molecule has 1 unspecified atom stereocenters. The Morgan fingerprint density at radius 3 is 2.83 bits per heavy atom. The standard InChI is InChI=1S/C8H16N2O2/c1-6(8(11)12)9-7-3-4-10(2)5-7/h6-7,9H,3-5H2,1-2H3,(H,11,12)/t6-,7?/m1/s1. The van der Waals surface area contributed by atoms with Crippen LogP contribution >= 0.6 is 0 Å². The van der Waals surface area contributed by atoms with Gasteiger partial charge in [0, 0.05) is 12.6 Å². The summed E-state index contributed by atoms with van der Waals surface area (Å²) in [4.78, 5) is 12.7. The number of carboxylic acids is 1. The molecular weight excluding hydrogens is 156 g/mol. The second kappa shape index (κ2) is 3.87. The van der Waals surface area contributed by atoms with E-state index in [0.29, 0.717) is 6.04 Å². The van der Waals surface area contributed by atoms with E-state index in [0.717, 1.165) is 19.5 Å². The Balaban J connectivity index is 2.27. The zero-order chi connectivity index (χ0) is 9.14. The molecule has 4 heteroatoms. The first-order chi connectivity index (χ1) is 5.59. The lowest BCUT2D eigenvalue weighted by Crippen LogP contribution is -2.42. The van der Waals surface area contributed by atoms with Gasteiger partial charge < -0.3 is 15.3 Å². The van der Waals surface area contributed by atoms with E-state index in [4.69, 9.17) is 5.11 Å². The maximum absolute atomic E-state index is 10.5. The van der Waals surface area contributed by atoms with Crippen LogP contribution < -0.4 is 5.32 Å². The molecule has 1 fully saturated rings. The van der Waals surface area contributed by atoms with Crippen LogP contribution in [0.15, 0.2) is 0 Å². The van der Waals surface area contributed by atoms with E-state index >= 15 is 0 Å². The highest BCUT2D eigenvalue weighted by molar-refractivity contribution is 5.72. The molecule has 12 heavy (non-hydrogen) atoms. The monoisotopic (exact) mass is 172 g/mol. The molecule has 70 valence electrons. The topological polar surface area (TPSA) is 52.6 Å². The van der Waals surface area contributed by atoms with Crippen molar-refractivity contribution < 1.29 is 9.90 Å². The Bertz CT molecular complexity index is 172. The van der Waals surface area contributed by atoms with Gasteiger partial charge in [0.15, 0.2) is 0 Å². The summed E-state index contributed by atoms with van der Waals surface area (Å²) in [5.74, 6) is -0.774. The molecule has 1 aliphatic heterocycles. The SMILES string of the molecule is C[C@@H](NC1CCN(C)C1)C(=O)O. The molecule has 1 saturated heterocycles. The summed E-state index contributed by atoms with van der Waals surface area (Å²) >= 11 is 0. The molecule has 4 nitrogen and oxygen atoms in total. The lowest BCUT2D eigenvalue weighted by atomic mass is 10.2. The predicted molar refractivity (Wildman–Crippen MR) is 46.1 cm³/mol. The van der Waals surface area contributed by atoms with Crippen LogP contribution in [-0.2, 0) is 4.79 Å². The van der Waals surface area contributed by atoms with Crippen LogP contribution in [0.3, 0.4) is 0 Å². The minimum Gasteiger partial charge on any atom is -0.480 e. The average molecular weight is 172 g/mol. The number of carboxylic acid groups (broad SMARTS) is 1. The van der Waals surface area contributed by atoms with Crippen molar-refractivity contribution in [3.63, 3.8) is 0 Å². The van der Waals surface area contributed by atoms with Crippen LogP contribution in [0.1, 0.15) is 13.3 Å². The number of likely N-dealkylation sites (tertiary alicyclic amines) is 1. The van der Waals surface area contributed by atoms with Gasteiger partial charge in [-0.15, -0.1) is 0 Å². The van der Waals surface area contributed by atoms with Crippen molar-refractivity contribution in [1.29, 1.82) is 0 Å². The Hall–Kier alpha value is -0.610. The third-order valence-corrected chi connectivity index (χ3v) is 2.25. The van der Waals surface area contributed by atoms with E-state index < -0.39 is 12.0 Å². The molecule has 0 aromatic rings. The van der Waals surface area contributed by atoms with Crippen molar-refractivity contribution in [2.75, 3.05) is 20.1 Å². The Labute approximate surface area is 72.6 Å². The number of carbonyl (C=O) groups is 1. The fourth-order valence-corrected chi connectivity index (χ4v) is 1.50. The van der Waals surface area contributed by atoms with E-state index in [9.17, 15) is 4.79 Å². The van der Waals surface area contributed by atoms with Crippen LogP contribution in [0.4, 0.5) is 0 Å². The summed E-state index contributed by atoms with van der Waals surface area (Å²) < 4.78 is 0. The summed E-state index contributed by atoms with van der Waals surface area (Å²) in [6, 6.07) is -0.0809. The molecule has 1 rings (SSSR count). The molecule has 0 saturated carbocycles. The Morgan fingerprint density at radius 1 is 1.75 bits per heavy atom. The smallest absolute Gasteiger partial charge is 0.320 e. The van der Waals surface area contributed by atoms with Crippen molar-refractivity contribution in [2.24, 2.45) is 0 Å². The fourth-order valence-electron chi connectivity index (χ4n) is 1.50. The molecule has 0 aromatic heterocycles. The molecule has 0 aliphatic carbocycles. The third kappa shape index (κ3) is 2.46. The van der Waals surface area contributed by atoms with Crippen molar-refractivity contribution in [2.45, 2.75) is 25.4 Å². The van der Waals surface area contributed by atoms with Crippen molar-refractivity contribution in [3.05, 3.63) is 0 Å². The van der Waals surface area contributed by atoms with Gasteiger partial charge in [0.2, 0.25) is 0 Å². The van der Waals surface area contributed by atoms with Crippen LogP contribution in [0, 0.1) is 0 Å². The Morgan fingerprint density at radius 2 is 2.42 bits per heavy atom. The van der Waals surface area contributed by atoms with Crippen molar-refractivity contribution in [1.82, 2.24) is 10.2 Å². The van der Waals surface area contributed by atoms with Gasteiger partial charge in [-0.2, -0.15) is 0 Å². The fraction of sp³-hybridized carbons (Fsp3) is 0.875. The molecule has 0 radical (unpaired) electrons. The van der Waals surface area contributed by atoms with Crippen LogP contribution in [0.5, 0.6) is 0 Å². The number of likely N-dealkylation sites (N-methyl/N-ethyl adjacent to an activating group) is 1. The molecular formula is C8H16N2O2. The minimum absolute atomic E-state index is 0.348. The number of hydrogen-bond acceptors (Lipinski definition) is 3.